The molecule has 0 bridgehead atoms. The molecule has 0 N–H and O–H groups in total. The molecule has 0 spiro atoms. The molecule has 1 saturated heterocycles. The van der Waals surface area contributed by atoms with Crippen LogP contribution in [0.15, 0.2) is 23.0 Å². The van der Waals surface area contributed by atoms with Gasteiger partial charge in [-0.25, -0.2) is 13.4 Å². The minimum Gasteiger partial charge on any atom is -0.337 e. The molecule has 0 saturated carbocycles. The van der Waals surface area contributed by atoms with E-state index in [9.17, 15) is 13.2 Å². The molecular weight excluding hydrogens is 340 g/mol. The summed E-state index contributed by atoms with van der Waals surface area (Å²) in [6.45, 7) is 2.51. The van der Waals surface area contributed by atoms with Gasteiger partial charge in [-0.15, -0.1) is 22.7 Å². The highest BCUT2D eigenvalue weighted by Crippen LogP contribution is 2.32. The van der Waals surface area contributed by atoms with Crippen molar-refractivity contribution in [3.8, 4) is 0 Å². The molecule has 1 aliphatic rings. The molecule has 5 nitrogen and oxygen atoms in total. The molecule has 0 radical (unpaired) electrons. The summed E-state index contributed by atoms with van der Waals surface area (Å²) in [7, 11) is -3.22. The number of nitrogens with zero attached hydrogens (tertiary/aromatic N) is 2. The fraction of sp³-hybridized carbons (Fsp3) is 0.429. The minimum absolute atomic E-state index is 0.0131. The highest BCUT2D eigenvalue weighted by molar-refractivity contribution is 7.91. The van der Waals surface area contributed by atoms with E-state index in [1.165, 1.54) is 22.7 Å². The van der Waals surface area contributed by atoms with Crippen molar-refractivity contribution in [3.63, 3.8) is 0 Å². The molecule has 2 aromatic rings. The zero-order valence-electron chi connectivity index (χ0n) is 12.1. The summed E-state index contributed by atoms with van der Waals surface area (Å²) < 4.78 is 25.0. The number of carbonyl (C=O) groups excluding carboxylic acids is 1. The van der Waals surface area contributed by atoms with Gasteiger partial charge in [0.05, 0.1) is 22.2 Å². The van der Waals surface area contributed by atoms with Gasteiger partial charge in [-0.2, -0.15) is 0 Å². The predicted molar refractivity (Wildman–Crippen MR) is 88.2 cm³/mol. The van der Waals surface area contributed by atoms with Gasteiger partial charge in [0.1, 0.15) is 4.88 Å². The van der Waals surface area contributed by atoms with Crippen molar-refractivity contribution in [1.29, 1.82) is 0 Å². The number of thiophene rings is 1. The number of hydrogen-bond donors (Lipinski definition) is 0. The molecule has 1 fully saturated rings. The Morgan fingerprint density at radius 1 is 1.36 bits per heavy atom. The van der Waals surface area contributed by atoms with Crippen LogP contribution in [0.1, 0.15) is 31.9 Å². The second-order valence-electron chi connectivity index (χ2n) is 5.22. The lowest BCUT2D eigenvalue weighted by Crippen LogP contribution is -2.33. The third-order valence-corrected chi connectivity index (χ3v) is 7.99. The Hall–Kier alpha value is -1.25. The van der Waals surface area contributed by atoms with Crippen LogP contribution >= 0.6 is 22.7 Å². The van der Waals surface area contributed by atoms with Crippen molar-refractivity contribution >= 4 is 38.4 Å². The molecule has 1 atom stereocenters. The van der Waals surface area contributed by atoms with Gasteiger partial charge in [-0.05, 0) is 24.8 Å². The average Bonchev–Trinajstić information content (AvgIpc) is 3.10. The molecule has 1 aliphatic heterocycles. The summed E-state index contributed by atoms with van der Waals surface area (Å²) in [5.74, 6) is -0.0962. The highest BCUT2D eigenvalue weighted by Gasteiger charge is 2.34. The molecule has 8 heteroatoms. The molecular formula is C14H16N2O3S3. The second-order valence-corrected chi connectivity index (χ2v) is 9.36. The fourth-order valence-electron chi connectivity index (χ4n) is 2.59. The maximum atomic E-state index is 12.5. The first-order valence-corrected chi connectivity index (χ1v) is 10.4. The molecule has 0 aromatic carbocycles. The van der Waals surface area contributed by atoms with Crippen molar-refractivity contribution in [2.75, 3.05) is 18.8 Å². The van der Waals surface area contributed by atoms with Gasteiger partial charge in [0.25, 0.3) is 5.91 Å². The van der Waals surface area contributed by atoms with Crippen molar-refractivity contribution in [2.45, 2.75) is 18.6 Å². The standard InChI is InChI=1S/C14H16N2O3S3/c1-10-13(21-9-15-10)14(17)16-5-4-12(11-3-2-7-20-11)22(18,19)8-6-16/h2-3,7,9,12H,4-6,8H2,1H3. The van der Waals surface area contributed by atoms with Crippen LogP contribution in [0.3, 0.4) is 0 Å². The molecule has 1 unspecified atom stereocenters. The first-order chi connectivity index (χ1) is 10.5. The zero-order chi connectivity index (χ0) is 15.7. The number of rotatable bonds is 2. The van der Waals surface area contributed by atoms with E-state index in [1.807, 2.05) is 17.5 Å². The van der Waals surface area contributed by atoms with Crippen LogP contribution in [-0.4, -0.2) is 43.1 Å². The summed E-state index contributed by atoms with van der Waals surface area (Å²) >= 11 is 2.77. The number of carbonyl (C=O) groups is 1. The first kappa shape index (κ1) is 15.6. The van der Waals surface area contributed by atoms with Crippen molar-refractivity contribution in [3.05, 3.63) is 38.5 Å². The summed E-state index contributed by atoms with van der Waals surface area (Å²) in [6.07, 6.45) is 0.451. The van der Waals surface area contributed by atoms with Gasteiger partial charge in [0, 0.05) is 18.0 Å². The topological polar surface area (TPSA) is 67.3 Å². The lowest BCUT2D eigenvalue weighted by molar-refractivity contribution is 0.0770. The summed E-state index contributed by atoms with van der Waals surface area (Å²) in [5.41, 5.74) is 2.35. The lowest BCUT2D eigenvalue weighted by atomic mass is 10.2. The van der Waals surface area contributed by atoms with Crippen molar-refractivity contribution < 1.29 is 13.2 Å². The maximum absolute atomic E-state index is 12.5. The number of aryl methyl sites for hydroxylation is 1. The molecule has 3 rings (SSSR count). The van der Waals surface area contributed by atoms with E-state index in [0.717, 1.165) is 4.88 Å². The van der Waals surface area contributed by atoms with Crippen LogP contribution < -0.4 is 0 Å². The Bertz CT molecular complexity index is 765. The van der Waals surface area contributed by atoms with Gasteiger partial charge in [-0.3, -0.25) is 4.79 Å². The maximum Gasteiger partial charge on any atom is 0.265 e. The Kier molecular flexibility index (Phi) is 4.33. The largest absolute Gasteiger partial charge is 0.337 e. The summed E-state index contributed by atoms with van der Waals surface area (Å²) in [4.78, 5) is 19.7. The summed E-state index contributed by atoms with van der Waals surface area (Å²) in [5, 5.41) is 1.40. The minimum atomic E-state index is -3.22. The average molecular weight is 356 g/mol. The SMILES string of the molecule is Cc1ncsc1C(=O)N1CCC(c2cccs2)S(=O)(=O)CC1. The predicted octanol–water partition coefficient (Wildman–Crippen LogP) is 2.52. The van der Waals surface area contributed by atoms with Gasteiger partial charge in [-0.1, -0.05) is 6.07 Å². The Labute approximate surface area is 137 Å². The van der Waals surface area contributed by atoms with Crippen LogP contribution in [0.25, 0.3) is 0 Å². The first-order valence-electron chi connectivity index (χ1n) is 6.93. The Morgan fingerprint density at radius 3 is 2.82 bits per heavy atom. The molecule has 118 valence electrons. The van der Waals surface area contributed by atoms with Crippen LogP contribution in [0, 0.1) is 6.92 Å². The third-order valence-electron chi connectivity index (χ3n) is 3.83. The van der Waals surface area contributed by atoms with E-state index in [2.05, 4.69) is 4.98 Å². The zero-order valence-corrected chi connectivity index (χ0v) is 14.5. The van der Waals surface area contributed by atoms with E-state index >= 15 is 0 Å². The Balaban J connectivity index is 1.82. The van der Waals surface area contributed by atoms with E-state index in [4.69, 9.17) is 0 Å². The number of sulfone groups is 1. The third kappa shape index (κ3) is 2.95. The number of thiazole rings is 1. The van der Waals surface area contributed by atoms with Crippen LogP contribution in [0.2, 0.25) is 0 Å². The Morgan fingerprint density at radius 2 is 2.18 bits per heavy atom. The van der Waals surface area contributed by atoms with Crippen molar-refractivity contribution in [1.82, 2.24) is 9.88 Å². The number of aromatic nitrogens is 1. The van der Waals surface area contributed by atoms with Crippen LogP contribution in [0.5, 0.6) is 0 Å². The van der Waals surface area contributed by atoms with Crippen LogP contribution in [0.4, 0.5) is 0 Å². The van der Waals surface area contributed by atoms with E-state index in [0.29, 0.717) is 23.5 Å². The van der Waals surface area contributed by atoms with Gasteiger partial charge in [0.15, 0.2) is 9.84 Å². The highest BCUT2D eigenvalue weighted by atomic mass is 32.2. The van der Waals surface area contributed by atoms with E-state index < -0.39 is 15.1 Å². The van der Waals surface area contributed by atoms with Gasteiger partial charge >= 0.3 is 0 Å². The molecule has 22 heavy (non-hydrogen) atoms. The van der Waals surface area contributed by atoms with Crippen LogP contribution in [-0.2, 0) is 9.84 Å². The lowest BCUT2D eigenvalue weighted by Gasteiger charge is -2.19. The smallest absolute Gasteiger partial charge is 0.265 e. The fourth-order valence-corrected chi connectivity index (χ4v) is 6.37. The quantitative estimate of drug-likeness (QED) is 0.829. The van der Waals surface area contributed by atoms with Gasteiger partial charge < -0.3 is 4.90 Å². The second kappa shape index (κ2) is 6.10. The number of amides is 1. The monoisotopic (exact) mass is 356 g/mol. The molecule has 0 aliphatic carbocycles. The van der Waals surface area contributed by atoms with Gasteiger partial charge in [0.2, 0.25) is 0 Å². The normalized spacial score (nSPS) is 21.5. The molecule has 2 aromatic heterocycles. The van der Waals surface area contributed by atoms with Crippen molar-refractivity contribution in [2.24, 2.45) is 0 Å². The van der Waals surface area contributed by atoms with E-state index in [-0.39, 0.29) is 18.2 Å². The van der Waals surface area contributed by atoms with E-state index in [1.54, 1.807) is 17.3 Å². The summed E-state index contributed by atoms with van der Waals surface area (Å²) in [6, 6.07) is 3.72. The number of hydrogen-bond acceptors (Lipinski definition) is 6. The molecule has 3 heterocycles. The molecule has 1 amide bonds.